The number of oxime groups is 1. The topological polar surface area (TPSA) is 41.9 Å². The zero-order valence-electron chi connectivity index (χ0n) is 11.8. The van der Waals surface area contributed by atoms with Crippen LogP contribution in [-0.2, 0) is 9.63 Å². The molecule has 0 N–H and O–H groups in total. The first-order valence-electron chi connectivity index (χ1n) is 7.72. The second-order valence-corrected chi connectivity index (χ2v) is 6.36. The Morgan fingerprint density at radius 3 is 2.37 bits per heavy atom. The molecule has 2 aliphatic heterocycles. The standard InChI is InChI=1S/C15H24N2O2/c1-17-13-7-8-14(17)10-12(9-13)16-19-15(18)11-5-3-2-4-6-11/h11,13-14H,2-10H2,1H3. The SMILES string of the molecule is CN1C2CCC1CC(=NOC(=O)C1CCCCC1)C2. The molecule has 4 nitrogen and oxygen atoms in total. The van der Waals surface area contributed by atoms with Crippen LogP contribution in [0.1, 0.15) is 57.8 Å². The van der Waals surface area contributed by atoms with Gasteiger partial charge in [0.05, 0.1) is 11.6 Å². The highest BCUT2D eigenvalue weighted by molar-refractivity contribution is 5.87. The first-order chi connectivity index (χ1) is 9.24. The summed E-state index contributed by atoms with van der Waals surface area (Å²) in [6.07, 6.45) is 10.0. The first-order valence-corrected chi connectivity index (χ1v) is 7.72. The van der Waals surface area contributed by atoms with Crippen LogP contribution < -0.4 is 0 Å². The molecule has 3 fully saturated rings. The summed E-state index contributed by atoms with van der Waals surface area (Å²) in [5, 5.41) is 4.17. The molecule has 2 unspecified atom stereocenters. The molecule has 3 rings (SSSR count). The third-order valence-electron chi connectivity index (χ3n) is 5.13. The maximum absolute atomic E-state index is 11.9. The number of fused-ring (bicyclic) bond motifs is 2. The summed E-state index contributed by atoms with van der Waals surface area (Å²) < 4.78 is 0. The largest absolute Gasteiger partial charge is 0.338 e. The van der Waals surface area contributed by atoms with E-state index in [2.05, 4.69) is 17.1 Å². The lowest BCUT2D eigenvalue weighted by atomic mass is 9.89. The third kappa shape index (κ3) is 2.83. The van der Waals surface area contributed by atoms with Crippen molar-refractivity contribution in [2.24, 2.45) is 11.1 Å². The summed E-state index contributed by atoms with van der Waals surface area (Å²) in [7, 11) is 2.20. The van der Waals surface area contributed by atoms with E-state index >= 15 is 0 Å². The summed E-state index contributed by atoms with van der Waals surface area (Å²) in [5.41, 5.74) is 1.09. The minimum Gasteiger partial charge on any atom is -0.318 e. The van der Waals surface area contributed by atoms with E-state index in [9.17, 15) is 4.79 Å². The number of nitrogens with zero attached hydrogens (tertiary/aromatic N) is 2. The second kappa shape index (κ2) is 5.61. The lowest BCUT2D eigenvalue weighted by Crippen LogP contribution is -2.40. The summed E-state index contributed by atoms with van der Waals surface area (Å²) >= 11 is 0. The van der Waals surface area contributed by atoms with Gasteiger partial charge in [-0.2, -0.15) is 0 Å². The molecular formula is C15H24N2O2. The number of hydrogen-bond donors (Lipinski definition) is 0. The molecule has 0 amide bonds. The van der Waals surface area contributed by atoms with E-state index in [0.29, 0.717) is 12.1 Å². The molecule has 0 spiro atoms. The maximum atomic E-state index is 11.9. The van der Waals surface area contributed by atoms with Gasteiger partial charge in [0.2, 0.25) is 0 Å². The number of carbonyl (C=O) groups excluding carboxylic acids is 1. The molecule has 0 aromatic carbocycles. The predicted octanol–water partition coefficient (Wildman–Crippen LogP) is 2.72. The lowest BCUT2D eigenvalue weighted by Gasteiger charge is -2.31. The van der Waals surface area contributed by atoms with Crippen molar-refractivity contribution in [3.63, 3.8) is 0 Å². The summed E-state index contributed by atoms with van der Waals surface area (Å²) in [5.74, 6) is -0.000406. The van der Waals surface area contributed by atoms with E-state index < -0.39 is 0 Å². The van der Waals surface area contributed by atoms with Crippen LogP contribution in [-0.4, -0.2) is 35.7 Å². The number of carbonyl (C=O) groups is 1. The van der Waals surface area contributed by atoms with Gasteiger partial charge in [-0.3, -0.25) is 4.90 Å². The van der Waals surface area contributed by atoms with Crippen LogP contribution in [0.4, 0.5) is 0 Å². The van der Waals surface area contributed by atoms with Crippen LogP contribution in [0.25, 0.3) is 0 Å². The van der Waals surface area contributed by atoms with Gasteiger partial charge in [0, 0.05) is 24.9 Å². The molecule has 2 heterocycles. The molecule has 1 saturated carbocycles. The average molecular weight is 264 g/mol. The van der Waals surface area contributed by atoms with Gasteiger partial charge in [-0.1, -0.05) is 24.4 Å². The van der Waals surface area contributed by atoms with E-state index in [1.165, 1.54) is 19.3 Å². The average Bonchev–Trinajstić information content (AvgIpc) is 2.68. The van der Waals surface area contributed by atoms with Crippen molar-refractivity contribution in [1.82, 2.24) is 4.90 Å². The van der Waals surface area contributed by atoms with Crippen LogP contribution in [0, 0.1) is 5.92 Å². The highest BCUT2D eigenvalue weighted by Crippen LogP contribution is 2.33. The van der Waals surface area contributed by atoms with E-state index in [1.807, 2.05) is 0 Å². The zero-order chi connectivity index (χ0) is 13.2. The molecule has 0 aromatic rings. The predicted molar refractivity (Wildman–Crippen MR) is 73.9 cm³/mol. The van der Waals surface area contributed by atoms with Crippen LogP contribution in [0.2, 0.25) is 0 Å². The smallest absolute Gasteiger partial charge is 0.318 e. The number of rotatable bonds is 2. The molecule has 4 heteroatoms. The van der Waals surface area contributed by atoms with Gasteiger partial charge < -0.3 is 4.84 Å². The Kier molecular flexibility index (Phi) is 3.87. The number of piperidine rings is 1. The van der Waals surface area contributed by atoms with E-state index in [0.717, 1.165) is 44.2 Å². The van der Waals surface area contributed by atoms with Crippen molar-refractivity contribution >= 4 is 11.7 Å². The van der Waals surface area contributed by atoms with Gasteiger partial charge in [0.15, 0.2) is 0 Å². The molecule has 0 aromatic heterocycles. The third-order valence-corrected chi connectivity index (χ3v) is 5.13. The molecule has 2 atom stereocenters. The fourth-order valence-electron chi connectivity index (χ4n) is 3.81. The Hall–Kier alpha value is -0.900. The molecule has 3 aliphatic rings. The fraction of sp³-hybridized carbons (Fsp3) is 0.867. The molecular weight excluding hydrogens is 240 g/mol. The zero-order valence-corrected chi connectivity index (χ0v) is 11.8. The van der Waals surface area contributed by atoms with Crippen LogP contribution >= 0.6 is 0 Å². The highest BCUT2D eigenvalue weighted by Gasteiger charge is 2.37. The van der Waals surface area contributed by atoms with E-state index in [4.69, 9.17) is 4.84 Å². The maximum Gasteiger partial charge on any atom is 0.338 e. The molecule has 106 valence electrons. The Morgan fingerprint density at radius 2 is 1.74 bits per heavy atom. The van der Waals surface area contributed by atoms with Gasteiger partial charge in [0.25, 0.3) is 0 Å². The summed E-state index contributed by atoms with van der Waals surface area (Å²) in [4.78, 5) is 19.6. The van der Waals surface area contributed by atoms with Gasteiger partial charge in [-0.05, 0) is 32.7 Å². The van der Waals surface area contributed by atoms with Crippen molar-refractivity contribution < 1.29 is 9.63 Å². The van der Waals surface area contributed by atoms with E-state index in [-0.39, 0.29) is 11.9 Å². The molecule has 2 saturated heterocycles. The molecule has 2 bridgehead atoms. The van der Waals surface area contributed by atoms with Crippen LogP contribution in [0.15, 0.2) is 5.16 Å². The van der Waals surface area contributed by atoms with Gasteiger partial charge in [0.1, 0.15) is 0 Å². The lowest BCUT2D eigenvalue weighted by molar-refractivity contribution is -0.149. The van der Waals surface area contributed by atoms with Crippen molar-refractivity contribution in [2.75, 3.05) is 7.05 Å². The fourth-order valence-corrected chi connectivity index (χ4v) is 3.81. The van der Waals surface area contributed by atoms with Crippen molar-refractivity contribution in [3.05, 3.63) is 0 Å². The highest BCUT2D eigenvalue weighted by atomic mass is 16.7. The monoisotopic (exact) mass is 264 g/mol. The molecule has 0 radical (unpaired) electrons. The van der Waals surface area contributed by atoms with Gasteiger partial charge >= 0.3 is 5.97 Å². The quantitative estimate of drug-likeness (QED) is 0.569. The van der Waals surface area contributed by atoms with Gasteiger partial charge in [-0.25, -0.2) is 4.79 Å². The van der Waals surface area contributed by atoms with Crippen molar-refractivity contribution in [2.45, 2.75) is 69.9 Å². The van der Waals surface area contributed by atoms with Crippen molar-refractivity contribution in [3.8, 4) is 0 Å². The van der Waals surface area contributed by atoms with Crippen LogP contribution in [0.5, 0.6) is 0 Å². The normalized spacial score (nSPS) is 32.4. The van der Waals surface area contributed by atoms with E-state index in [1.54, 1.807) is 0 Å². The Labute approximate surface area is 115 Å². The summed E-state index contributed by atoms with van der Waals surface area (Å²) in [6.45, 7) is 0. The van der Waals surface area contributed by atoms with Crippen LogP contribution in [0.3, 0.4) is 0 Å². The van der Waals surface area contributed by atoms with Crippen molar-refractivity contribution in [1.29, 1.82) is 0 Å². The molecule has 1 aliphatic carbocycles. The summed E-state index contributed by atoms with van der Waals surface area (Å²) in [6, 6.07) is 1.23. The van der Waals surface area contributed by atoms with Gasteiger partial charge in [-0.15, -0.1) is 0 Å². The second-order valence-electron chi connectivity index (χ2n) is 6.36. The minimum atomic E-state index is -0.0986. The first kappa shape index (κ1) is 13.1. The minimum absolute atomic E-state index is 0.0982. The Bertz CT molecular complexity index is 358. The molecule has 19 heavy (non-hydrogen) atoms. The Balaban J connectivity index is 1.53. The Morgan fingerprint density at radius 1 is 1.11 bits per heavy atom. The number of hydrogen-bond acceptors (Lipinski definition) is 4.